The summed E-state index contributed by atoms with van der Waals surface area (Å²) >= 11 is 7.32. The molecule has 1 N–H and O–H groups in total. The number of carbonyl (C=O) groups excluding carboxylic acids is 1. The van der Waals surface area contributed by atoms with E-state index in [1.807, 2.05) is 72.2 Å². The molecule has 0 aliphatic carbocycles. The van der Waals surface area contributed by atoms with Crippen LogP contribution in [-0.4, -0.2) is 15.7 Å². The van der Waals surface area contributed by atoms with E-state index in [-0.39, 0.29) is 5.91 Å². The molecule has 2 heterocycles. The number of thiophene rings is 1. The summed E-state index contributed by atoms with van der Waals surface area (Å²) in [6.07, 6.45) is 3.45. The van der Waals surface area contributed by atoms with Gasteiger partial charge in [-0.2, -0.15) is 5.10 Å². The highest BCUT2D eigenvalue weighted by Crippen LogP contribution is 2.23. The van der Waals surface area contributed by atoms with Gasteiger partial charge in [0.2, 0.25) is 0 Å². The van der Waals surface area contributed by atoms with Gasteiger partial charge in [0.1, 0.15) is 12.4 Å². The van der Waals surface area contributed by atoms with Crippen molar-refractivity contribution in [2.75, 3.05) is 5.32 Å². The van der Waals surface area contributed by atoms with E-state index in [1.165, 1.54) is 16.7 Å². The number of halogens is 1. The van der Waals surface area contributed by atoms with Crippen LogP contribution in [0.3, 0.4) is 0 Å². The molecule has 0 unspecified atom stereocenters. The van der Waals surface area contributed by atoms with Crippen LogP contribution >= 0.6 is 22.9 Å². The molecule has 33 heavy (non-hydrogen) atoms. The van der Waals surface area contributed by atoms with E-state index in [9.17, 15) is 4.79 Å². The summed E-state index contributed by atoms with van der Waals surface area (Å²) in [6.45, 7) is 1.00. The predicted molar refractivity (Wildman–Crippen MR) is 133 cm³/mol. The van der Waals surface area contributed by atoms with Gasteiger partial charge in [-0.1, -0.05) is 54.1 Å². The molecule has 0 saturated carbocycles. The molecule has 1 amide bonds. The Morgan fingerprint density at radius 1 is 1.00 bits per heavy atom. The Bertz CT molecular complexity index is 1410. The van der Waals surface area contributed by atoms with Crippen LogP contribution in [0, 0.1) is 0 Å². The van der Waals surface area contributed by atoms with Gasteiger partial charge in [0.25, 0.3) is 5.91 Å². The summed E-state index contributed by atoms with van der Waals surface area (Å²) < 4.78 is 7.71. The topological polar surface area (TPSA) is 56.2 Å². The van der Waals surface area contributed by atoms with E-state index >= 15 is 0 Å². The van der Waals surface area contributed by atoms with Gasteiger partial charge in [-0.25, -0.2) is 0 Å². The molecular weight excluding hydrogens is 454 g/mol. The Morgan fingerprint density at radius 2 is 1.82 bits per heavy atom. The van der Waals surface area contributed by atoms with Gasteiger partial charge < -0.3 is 10.1 Å². The van der Waals surface area contributed by atoms with E-state index in [4.69, 9.17) is 16.3 Å². The molecule has 0 bridgehead atoms. The van der Waals surface area contributed by atoms with Gasteiger partial charge >= 0.3 is 0 Å². The van der Waals surface area contributed by atoms with Gasteiger partial charge in [0, 0.05) is 16.8 Å². The normalized spacial score (nSPS) is 10.9. The molecular formula is C26H20ClN3O2S. The maximum atomic E-state index is 12.7. The minimum Gasteiger partial charge on any atom is -0.489 e. The average molecular weight is 474 g/mol. The molecule has 0 aliphatic heterocycles. The van der Waals surface area contributed by atoms with Crippen molar-refractivity contribution >= 4 is 45.3 Å². The van der Waals surface area contributed by atoms with Crippen molar-refractivity contribution in [1.82, 2.24) is 9.78 Å². The number of hydrogen-bond acceptors (Lipinski definition) is 4. The molecule has 0 fully saturated rings. The van der Waals surface area contributed by atoms with Gasteiger partial charge in [-0.05, 0) is 52.0 Å². The second kappa shape index (κ2) is 9.48. The Morgan fingerprint density at radius 3 is 2.67 bits per heavy atom. The van der Waals surface area contributed by atoms with Gasteiger partial charge in [0.05, 0.1) is 23.3 Å². The molecule has 5 aromatic rings. The fourth-order valence-electron chi connectivity index (χ4n) is 3.48. The van der Waals surface area contributed by atoms with Gasteiger partial charge in [-0.3, -0.25) is 9.48 Å². The predicted octanol–water partition coefficient (Wildman–Crippen LogP) is 6.63. The Balaban J connectivity index is 1.18. The first kappa shape index (κ1) is 21.2. The smallest absolute Gasteiger partial charge is 0.265 e. The third kappa shape index (κ3) is 5.25. The van der Waals surface area contributed by atoms with Crippen molar-refractivity contribution in [2.45, 2.75) is 13.2 Å². The zero-order valence-electron chi connectivity index (χ0n) is 17.6. The van der Waals surface area contributed by atoms with Crippen LogP contribution in [0.25, 0.3) is 10.8 Å². The van der Waals surface area contributed by atoms with Crippen molar-refractivity contribution in [3.05, 3.63) is 112 Å². The van der Waals surface area contributed by atoms with E-state index in [1.54, 1.807) is 10.9 Å². The van der Waals surface area contributed by atoms with Crippen LogP contribution in [0.4, 0.5) is 5.69 Å². The maximum Gasteiger partial charge on any atom is 0.265 e. The molecule has 3 aromatic carbocycles. The van der Waals surface area contributed by atoms with E-state index in [0.29, 0.717) is 28.7 Å². The highest BCUT2D eigenvalue weighted by Gasteiger charge is 2.11. The highest BCUT2D eigenvalue weighted by molar-refractivity contribution is 7.12. The zero-order valence-corrected chi connectivity index (χ0v) is 19.1. The van der Waals surface area contributed by atoms with Crippen molar-refractivity contribution in [3.8, 4) is 5.75 Å². The lowest BCUT2D eigenvalue weighted by atomic mass is 10.1. The second-order valence-electron chi connectivity index (χ2n) is 7.62. The third-order valence-electron chi connectivity index (χ3n) is 5.15. The molecule has 2 aromatic heterocycles. The lowest BCUT2D eigenvalue weighted by Gasteiger charge is -2.06. The SMILES string of the molecule is O=C(Nc1cnn(Cc2ccc(Cl)cc2)c1)c1cc(COc2ccc3ccccc3c2)cs1. The van der Waals surface area contributed by atoms with E-state index in [0.717, 1.165) is 22.3 Å². The summed E-state index contributed by atoms with van der Waals surface area (Å²) in [5.74, 6) is 0.641. The van der Waals surface area contributed by atoms with Crippen molar-refractivity contribution < 1.29 is 9.53 Å². The van der Waals surface area contributed by atoms with Gasteiger partial charge in [0.15, 0.2) is 0 Å². The van der Waals surface area contributed by atoms with Crippen molar-refractivity contribution in [2.24, 2.45) is 0 Å². The van der Waals surface area contributed by atoms with Crippen molar-refractivity contribution in [3.63, 3.8) is 0 Å². The van der Waals surface area contributed by atoms with Crippen LogP contribution in [0.15, 0.2) is 90.6 Å². The number of fused-ring (bicyclic) bond motifs is 1. The average Bonchev–Trinajstić information content (AvgIpc) is 3.49. The van der Waals surface area contributed by atoms with E-state index in [2.05, 4.69) is 22.5 Å². The summed E-state index contributed by atoms with van der Waals surface area (Å²) in [5, 5.41) is 12.2. The minimum absolute atomic E-state index is 0.164. The third-order valence-corrected chi connectivity index (χ3v) is 6.38. The second-order valence-corrected chi connectivity index (χ2v) is 8.97. The Hall–Kier alpha value is -3.61. The highest BCUT2D eigenvalue weighted by atomic mass is 35.5. The molecule has 0 atom stereocenters. The number of rotatable bonds is 7. The molecule has 5 nitrogen and oxygen atoms in total. The molecule has 7 heteroatoms. The molecule has 0 saturated heterocycles. The molecule has 0 spiro atoms. The summed E-state index contributed by atoms with van der Waals surface area (Å²) in [4.78, 5) is 13.3. The number of carbonyl (C=O) groups is 1. The van der Waals surface area contributed by atoms with E-state index < -0.39 is 0 Å². The van der Waals surface area contributed by atoms with Gasteiger partial charge in [-0.15, -0.1) is 11.3 Å². The number of ether oxygens (including phenoxy) is 1. The molecule has 0 radical (unpaired) electrons. The number of nitrogens with zero attached hydrogens (tertiary/aromatic N) is 2. The zero-order chi connectivity index (χ0) is 22.6. The quantitative estimate of drug-likeness (QED) is 0.288. The Kier molecular flexibility index (Phi) is 6.11. The lowest BCUT2D eigenvalue weighted by molar-refractivity contribution is 0.103. The number of nitrogens with one attached hydrogen (secondary N) is 1. The number of hydrogen-bond donors (Lipinski definition) is 1. The Labute approximate surface area is 200 Å². The molecule has 164 valence electrons. The van der Waals surface area contributed by atoms with Crippen LogP contribution in [-0.2, 0) is 13.2 Å². The summed E-state index contributed by atoms with van der Waals surface area (Å²) in [6, 6.07) is 23.7. The van der Waals surface area contributed by atoms with Crippen molar-refractivity contribution in [1.29, 1.82) is 0 Å². The number of aromatic nitrogens is 2. The standard InChI is InChI=1S/C26H20ClN3O2S/c27-22-8-5-18(6-9-22)14-30-15-23(13-28-30)29-26(31)25-11-19(17-33-25)16-32-24-10-7-20-3-1-2-4-21(20)12-24/h1-13,15,17H,14,16H2,(H,29,31). The number of anilines is 1. The first-order chi connectivity index (χ1) is 16.1. The summed E-state index contributed by atoms with van der Waals surface area (Å²) in [7, 11) is 0. The number of benzene rings is 3. The van der Waals surface area contributed by atoms with Crippen LogP contribution in [0.2, 0.25) is 5.02 Å². The summed E-state index contributed by atoms with van der Waals surface area (Å²) in [5.41, 5.74) is 2.68. The lowest BCUT2D eigenvalue weighted by Crippen LogP contribution is -2.09. The van der Waals surface area contributed by atoms with Crippen LogP contribution < -0.4 is 10.1 Å². The first-order valence-electron chi connectivity index (χ1n) is 10.4. The minimum atomic E-state index is -0.164. The maximum absolute atomic E-state index is 12.7. The van der Waals surface area contributed by atoms with Crippen LogP contribution in [0.1, 0.15) is 20.8 Å². The van der Waals surface area contributed by atoms with Crippen LogP contribution in [0.5, 0.6) is 5.75 Å². The fourth-order valence-corrected chi connectivity index (χ4v) is 4.40. The molecule has 0 aliphatic rings. The fraction of sp³-hybridized carbons (Fsp3) is 0.0769. The monoisotopic (exact) mass is 473 g/mol. The largest absolute Gasteiger partial charge is 0.489 e. The first-order valence-corrected chi connectivity index (χ1v) is 11.7. The number of amides is 1. The molecule has 5 rings (SSSR count).